The minimum Gasteiger partial charge on any atom is -0.471 e. The molecule has 2 N–H and O–H groups in total. The molecule has 4 heteroatoms. The van der Waals surface area contributed by atoms with E-state index in [4.69, 9.17) is 4.74 Å². The molecule has 1 aromatic carbocycles. The lowest BCUT2D eigenvalue weighted by atomic mass is 10.0. The monoisotopic (exact) mass is 250 g/mol. The first kappa shape index (κ1) is 14.4. The summed E-state index contributed by atoms with van der Waals surface area (Å²) >= 11 is 0. The highest BCUT2D eigenvalue weighted by Crippen LogP contribution is 2.26. The van der Waals surface area contributed by atoms with Crippen molar-refractivity contribution in [2.24, 2.45) is 0 Å². The first-order valence-corrected chi connectivity index (χ1v) is 6.34. The number of nitrogens with one attached hydrogen (secondary N) is 2. The number of amides is 2. The van der Waals surface area contributed by atoms with Crippen molar-refractivity contribution in [3.05, 3.63) is 29.8 Å². The van der Waals surface area contributed by atoms with Crippen molar-refractivity contribution >= 4 is 6.03 Å². The number of ether oxygens (including phenoxy) is 1. The average Bonchev–Trinajstić information content (AvgIpc) is 2.29. The van der Waals surface area contributed by atoms with E-state index in [1.165, 1.54) is 0 Å². The first-order chi connectivity index (χ1) is 8.54. The van der Waals surface area contributed by atoms with Gasteiger partial charge in [-0.1, -0.05) is 32.0 Å². The summed E-state index contributed by atoms with van der Waals surface area (Å²) in [5.74, 6) is 1.20. The molecule has 0 fully saturated rings. The molecular formula is C14H22N2O2. The Morgan fingerprint density at radius 2 is 1.94 bits per heavy atom. The van der Waals surface area contributed by atoms with Crippen molar-refractivity contribution in [3.63, 3.8) is 0 Å². The summed E-state index contributed by atoms with van der Waals surface area (Å²) in [6.45, 7) is 8.51. The highest BCUT2D eigenvalue weighted by molar-refractivity contribution is 5.73. The predicted molar refractivity (Wildman–Crippen MR) is 72.8 cm³/mol. The fourth-order valence-electron chi connectivity index (χ4n) is 1.68. The molecule has 0 aliphatic heterocycles. The van der Waals surface area contributed by atoms with Gasteiger partial charge in [-0.05, 0) is 31.4 Å². The summed E-state index contributed by atoms with van der Waals surface area (Å²) in [5, 5.41) is 5.39. The Morgan fingerprint density at radius 1 is 1.28 bits per heavy atom. The zero-order chi connectivity index (χ0) is 13.5. The summed E-state index contributed by atoms with van der Waals surface area (Å²) in [5.41, 5.74) is 1.14. The van der Waals surface area contributed by atoms with Gasteiger partial charge in [-0.15, -0.1) is 0 Å². The van der Waals surface area contributed by atoms with Crippen LogP contribution in [0, 0.1) is 0 Å². The Hall–Kier alpha value is -1.71. The lowest BCUT2D eigenvalue weighted by Gasteiger charge is -2.19. The van der Waals surface area contributed by atoms with Crippen molar-refractivity contribution in [2.45, 2.75) is 39.8 Å². The van der Waals surface area contributed by atoms with Gasteiger partial charge in [0, 0.05) is 6.54 Å². The van der Waals surface area contributed by atoms with Crippen molar-refractivity contribution in [3.8, 4) is 5.75 Å². The SMILES string of the molecule is CCNC(=O)NC(C)Oc1ccccc1C(C)C. The van der Waals surface area contributed by atoms with Gasteiger partial charge in [0.25, 0.3) is 0 Å². The topological polar surface area (TPSA) is 50.4 Å². The molecule has 0 bridgehead atoms. The normalized spacial score (nSPS) is 12.1. The highest BCUT2D eigenvalue weighted by atomic mass is 16.5. The Labute approximate surface area is 109 Å². The Bertz CT molecular complexity index is 391. The van der Waals surface area contributed by atoms with Crippen LogP contribution in [0.25, 0.3) is 0 Å². The summed E-state index contributed by atoms with van der Waals surface area (Å²) in [7, 11) is 0. The lowest BCUT2D eigenvalue weighted by molar-refractivity contribution is 0.176. The third-order valence-corrected chi connectivity index (χ3v) is 2.52. The fraction of sp³-hybridized carbons (Fsp3) is 0.500. The van der Waals surface area contributed by atoms with Gasteiger partial charge in [0.05, 0.1) is 0 Å². The van der Waals surface area contributed by atoms with Crippen LogP contribution in [0.4, 0.5) is 4.79 Å². The van der Waals surface area contributed by atoms with E-state index >= 15 is 0 Å². The Balaban J connectivity index is 2.64. The van der Waals surface area contributed by atoms with E-state index in [1.807, 2.05) is 38.1 Å². The van der Waals surface area contributed by atoms with Crippen LogP contribution >= 0.6 is 0 Å². The number of urea groups is 1. The second-order valence-electron chi connectivity index (χ2n) is 4.46. The minimum absolute atomic E-state index is 0.216. The van der Waals surface area contributed by atoms with E-state index in [9.17, 15) is 4.79 Å². The molecule has 0 saturated heterocycles. The molecule has 1 rings (SSSR count). The summed E-state index contributed by atoms with van der Waals surface area (Å²) in [6, 6.07) is 7.67. The maximum Gasteiger partial charge on any atom is 0.317 e. The zero-order valence-electron chi connectivity index (χ0n) is 11.5. The lowest BCUT2D eigenvalue weighted by Crippen LogP contribution is -2.43. The van der Waals surface area contributed by atoms with Gasteiger partial charge in [0.1, 0.15) is 5.75 Å². The van der Waals surface area contributed by atoms with Gasteiger partial charge < -0.3 is 15.4 Å². The van der Waals surface area contributed by atoms with Crippen LogP contribution in [0.15, 0.2) is 24.3 Å². The molecule has 0 saturated carbocycles. The summed E-state index contributed by atoms with van der Waals surface area (Å²) in [4.78, 5) is 11.4. The van der Waals surface area contributed by atoms with Crippen LogP contribution in [-0.4, -0.2) is 18.8 Å². The third kappa shape index (κ3) is 4.28. The maximum atomic E-state index is 11.4. The molecule has 1 unspecified atom stereocenters. The molecule has 0 aromatic heterocycles. The molecule has 100 valence electrons. The largest absolute Gasteiger partial charge is 0.471 e. The van der Waals surface area contributed by atoms with Gasteiger partial charge in [-0.25, -0.2) is 4.79 Å². The van der Waals surface area contributed by atoms with Crippen molar-refractivity contribution in [1.82, 2.24) is 10.6 Å². The Kier molecular flexibility index (Phi) is 5.49. The number of hydrogen-bond donors (Lipinski definition) is 2. The number of carbonyl (C=O) groups excluding carboxylic acids is 1. The van der Waals surface area contributed by atoms with Gasteiger partial charge in [-0.2, -0.15) is 0 Å². The molecule has 2 amide bonds. The van der Waals surface area contributed by atoms with E-state index < -0.39 is 0 Å². The number of carbonyl (C=O) groups is 1. The smallest absolute Gasteiger partial charge is 0.317 e. The predicted octanol–water partition coefficient (Wildman–Crippen LogP) is 2.85. The van der Waals surface area contributed by atoms with E-state index in [2.05, 4.69) is 24.5 Å². The van der Waals surface area contributed by atoms with Gasteiger partial charge in [-0.3, -0.25) is 0 Å². The van der Waals surface area contributed by atoms with Crippen molar-refractivity contribution in [2.75, 3.05) is 6.54 Å². The molecule has 0 radical (unpaired) electrons. The molecule has 1 aromatic rings. The second-order valence-corrected chi connectivity index (χ2v) is 4.46. The van der Waals surface area contributed by atoms with Crippen LogP contribution in [0.5, 0.6) is 5.75 Å². The molecule has 0 heterocycles. The second kappa shape index (κ2) is 6.89. The molecule has 0 aliphatic rings. The number of hydrogen-bond acceptors (Lipinski definition) is 2. The van der Waals surface area contributed by atoms with Crippen molar-refractivity contribution in [1.29, 1.82) is 0 Å². The molecule has 1 atom stereocenters. The first-order valence-electron chi connectivity index (χ1n) is 6.34. The van der Waals surface area contributed by atoms with Crippen LogP contribution in [0.1, 0.15) is 39.2 Å². The standard InChI is InChI=1S/C14H22N2O2/c1-5-15-14(17)16-11(4)18-13-9-7-6-8-12(13)10(2)3/h6-11H,5H2,1-4H3,(H2,15,16,17). The number of para-hydroxylation sites is 1. The molecule has 0 aliphatic carbocycles. The molecule has 4 nitrogen and oxygen atoms in total. The van der Waals surface area contributed by atoms with Gasteiger partial charge in [0.15, 0.2) is 6.23 Å². The molecular weight excluding hydrogens is 228 g/mol. The maximum absolute atomic E-state index is 11.4. The van der Waals surface area contributed by atoms with E-state index in [1.54, 1.807) is 0 Å². The highest BCUT2D eigenvalue weighted by Gasteiger charge is 2.11. The third-order valence-electron chi connectivity index (χ3n) is 2.52. The Morgan fingerprint density at radius 3 is 2.56 bits per heavy atom. The zero-order valence-corrected chi connectivity index (χ0v) is 11.5. The number of benzene rings is 1. The molecule has 18 heavy (non-hydrogen) atoms. The van der Waals surface area contributed by atoms with E-state index in [-0.39, 0.29) is 12.3 Å². The summed E-state index contributed by atoms with van der Waals surface area (Å²) in [6.07, 6.45) is -0.364. The summed E-state index contributed by atoms with van der Waals surface area (Å²) < 4.78 is 5.75. The van der Waals surface area contributed by atoms with Crippen LogP contribution < -0.4 is 15.4 Å². The van der Waals surface area contributed by atoms with E-state index in [0.717, 1.165) is 11.3 Å². The van der Waals surface area contributed by atoms with Crippen LogP contribution in [-0.2, 0) is 0 Å². The minimum atomic E-state index is -0.364. The average molecular weight is 250 g/mol. The quantitative estimate of drug-likeness (QED) is 0.789. The van der Waals surface area contributed by atoms with Crippen LogP contribution in [0.2, 0.25) is 0 Å². The van der Waals surface area contributed by atoms with Gasteiger partial charge in [0.2, 0.25) is 0 Å². The van der Waals surface area contributed by atoms with Crippen molar-refractivity contribution < 1.29 is 9.53 Å². The number of rotatable bonds is 5. The van der Waals surface area contributed by atoms with Crippen LogP contribution in [0.3, 0.4) is 0 Å². The molecule has 0 spiro atoms. The van der Waals surface area contributed by atoms with Gasteiger partial charge >= 0.3 is 6.03 Å². The van der Waals surface area contributed by atoms with E-state index in [0.29, 0.717) is 12.5 Å². The fourth-order valence-corrected chi connectivity index (χ4v) is 1.68.